The number of aliphatic carboxylic acids is 1. The zero-order valence-electron chi connectivity index (χ0n) is 17.5. The zero-order chi connectivity index (χ0) is 22.5. The lowest BCUT2D eigenvalue weighted by Crippen LogP contribution is -2.35. The Morgan fingerprint density at radius 2 is 1.66 bits per heavy atom. The second kappa shape index (κ2) is 9.56. The third-order valence-electron chi connectivity index (χ3n) is 6.02. The van der Waals surface area contributed by atoms with E-state index in [0.29, 0.717) is 19.3 Å². The van der Waals surface area contributed by atoms with E-state index in [1.165, 1.54) is 11.1 Å². The van der Waals surface area contributed by atoms with Crippen molar-refractivity contribution in [1.29, 1.82) is 0 Å². The van der Waals surface area contributed by atoms with Gasteiger partial charge in [0.05, 0.1) is 6.54 Å². The fourth-order valence-electron chi connectivity index (χ4n) is 4.55. The first-order valence-electron chi connectivity index (χ1n) is 10.6. The molecular formula is C25H24N2O5. The van der Waals surface area contributed by atoms with E-state index in [4.69, 9.17) is 9.84 Å². The highest BCUT2D eigenvalue weighted by Crippen LogP contribution is 2.44. The number of carboxylic acid groups (broad SMARTS) is 1. The number of carbonyl (C=O) groups excluding carboxylic acids is 2. The van der Waals surface area contributed by atoms with Gasteiger partial charge in [-0.15, -0.1) is 0 Å². The van der Waals surface area contributed by atoms with Gasteiger partial charge in [-0.1, -0.05) is 54.5 Å². The highest BCUT2D eigenvalue weighted by atomic mass is 16.5. The quantitative estimate of drug-likeness (QED) is 0.630. The number of benzene rings is 2. The minimum absolute atomic E-state index is 0.00201. The molecule has 32 heavy (non-hydrogen) atoms. The van der Waals surface area contributed by atoms with Crippen molar-refractivity contribution < 1.29 is 24.2 Å². The van der Waals surface area contributed by atoms with Gasteiger partial charge in [-0.25, -0.2) is 9.59 Å². The van der Waals surface area contributed by atoms with E-state index in [1.54, 1.807) is 0 Å². The van der Waals surface area contributed by atoms with Gasteiger partial charge in [-0.2, -0.15) is 0 Å². The average molecular weight is 432 g/mol. The van der Waals surface area contributed by atoms with E-state index in [9.17, 15) is 14.4 Å². The predicted octanol–water partition coefficient (Wildman–Crippen LogP) is 2.90. The van der Waals surface area contributed by atoms with Gasteiger partial charge in [0, 0.05) is 23.8 Å². The Balaban J connectivity index is 1.27. The van der Waals surface area contributed by atoms with Gasteiger partial charge in [0.2, 0.25) is 5.91 Å². The van der Waals surface area contributed by atoms with Crippen LogP contribution < -0.4 is 10.6 Å². The van der Waals surface area contributed by atoms with Gasteiger partial charge in [0.25, 0.3) is 0 Å². The van der Waals surface area contributed by atoms with Gasteiger partial charge in [-0.05, 0) is 41.5 Å². The number of fused-ring (bicyclic) bond motifs is 3. The zero-order valence-corrected chi connectivity index (χ0v) is 17.5. The van der Waals surface area contributed by atoms with E-state index < -0.39 is 12.1 Å². The highest BCUT2D eigenvalue weighted by molar-refractivity contribution is 5.86. The van der Waals surface area contributed by atoms with Crippen LogP contribution in [0.25, 0.3) is 11.1 Å². The molecule has 0 bridgehead atoms. The third-order valence-corrected chi connectivity index (χ3v) is 6.02. The van der Waals surface area contributed by atoms with Crippen molar-refractivity contribution in [2.45, 2.75) is 31.2 Å². The molecule has 0 aromatic heterocycles. The number of nitrogens with one attached hydrogen (secondary N) is 2. The maximum Gasteiger partial charge on any atom is 0.407 e. The first kappa shape index (κ1) is 21.4. The number of hydrogen-bond acceptors (Lipinski definition) is 4. The Morgan fingerprint density at radius 1 is 1.00 bits per heavy atom. The molecule has 3 N–H and O–H groups in total. The largest absolute Gasteiger partial charge is 0.472 e. The molecule has 2 aliphatic rings. The molecule has 2 atom stereocenters. The maximum absolute atomic E-state index is 12.4. The normalized spacial score (nSPS) is 18.6. The molecule has 2 amide bonds. The number of carboxylic acids is 1. The topological polar surface area (TPSA) is 105 Å². The lowest BCUT2D eigenvalue weighted by atomic mass is 9.98. The van der Waals surface area contributed by atoms with E-state index in [0.717, 1.165) is 11.1 Å². The summed E-state index contributed by atoms with van der Waals surface area (Å²) in [5, 5.41) is 14.0. The average Bonchev–Trinajstić information content (AvgIpc) is 3.38. The van der Waals surface area contributed by atoms with Crippen molar-refractivity contribution in [2.24, 2.45) is 5.92 Å². The van der Waals surface area contributed by atoms with Gasteiger partial charge < -0.3 is 20.5 Å². The summed E-state index contributed by atoms with van der Waals surface area (Å²) in [5.41, 5.74) is 4.67. The summed E-state index contributed by atoms with van der Waals surface area (Å²) in [6.45, 7) is 0.241. The third kappa shape index (κ3) is 4.75. The number of amides is 2. The summed E-state index contributed by atoms with van der Waals surface area (Å²) in [5.74, 6) is 2.68. The lowest BCUT2D eigenvalue weighted by molar-refractivity contribution is -0.130. The van der Waals surface area contributed by atoms with E-state index in [-0.39, 0.29) is 36.9 Å². The standard InChI is InChI=1S/C25H24N2O5/c28-23(29)10-5-13-26-24(30)16-11-12-17(14-16)27-25(31)32-15-22-20-8-3-1-6-18(20)19-7-2-4-9-21(19)22/h1-4,6-9,16-17,22H,11-15H2,(H,26,30)(H,27,31)(H,28,29)/t16-,17+/m1/s1. The van der Waals surface area contributed by atoms with Crippen LogP contribution >= 0.6 is 0 Å². The van der Waals surface area contributed by atoms with Crippen LogP contribution in [-0.2, 0) is 14.3 Å². The minimum atomic E-state index is -1.23. The summed E-state index contributed by atoms with van der Waals surface area (Å²) in [6.07, 6.45) is 1.36. The molecule has 0 heterocycles. The molecule has 1 saturated carbocycles. The maximum atomic E-state index is 12.4. The van der Waals surface area contributed by atoms with Gasteiger partial charge in [-0.3, -0.25) is 4.79 Å². The molecule has 2 aromatic rings. The molecule has 0 saturated heterocycles. The molecule has 1 fully saturated rings. The van der Waals surface area contributed by atoms with Crippen LogP contribution in [0.5, 0.6) is 0 Å². The molecule has 0 aliphatic heterocycles. The molecule has 7 heteroatoms. The highest BCUT2D eigenvalue weighted by Gasteiger charge is 2.32. The van der Waals surface area contributed by atoms with Crippen LogP contribution in [0.3, 0.4) is 0 Å². The fraction of sp³-hybridized carbons (Fsp3) is 0.320. The molecule has 0 unspecified atom stereocenters. The SMILES string of the molecule is O=C(O)C#CCNC(=O)[C@@H]1CC[C@H](NC(=O)OCC2c3ccccc3-c3ccccc32)C1. The number of carbonyl (C=O) groups is 3. The first-order valence-corrected chi connectivity index (χ1v) is 10.6. The number of rotatable bonds is 5. The smallest absolute Gasteiger partial charge is 0.407 e. The second-order valence-electron chi connectivity index (χ2n) is 8.00. The van der Waals surface area contributed by atoms with Crippen molar-refractivity contribution in [3.63, 3.8) is 0 Å². The molecule has 2 aromatic carbocycles. The van der Waals surface area contributed by atoms with Crippen molar-refractivity contribution >= 4 is 18.0 Å². The number of ether oxygens (including phenoxy) is 1. The van der Waals surface area contributed by atoms with Crippen LogP contribution in [0.15, 0.2) is 48.5 Å². The molecule has 2 aliphatic carbocycles. The molecule has 0 spiro atoms. The van der Waals surface area contributed by atoms with Gasteiger partial charge in [0.1, 0.15) is 6.61 Å². The predicted molar refractivity (Wildman–Crippen MR) is 118 cm³/mol. The summed E-state index contributed by atoms with van der Waals surface area (Å²) < 4.78 is 5.57. The van der Waals surface area contributed by atoms with Crippen molar-refractivity contribution in [3.05, 3.63) is 59.7 Å². The van der Waals surface area contributed by atoms with Crippen LogP contribution in [0.1, 0.15) is 36.3 Å². The Kier molecular flexibility index (Phi) is 6.41. The Bertz CT molecular complexity index is 1060. The summed E-state index contributed by atoms with van der Waals surface area (Å²) in [7, 11) is 0. The first-order chi connectivity index (χ1) is 15.5. The van der Waals surface area contributed by atoms with Crippen LogP contribution in [0.4, 0.5) is 4.79 Å². The molecular weight excluding hydrogens is 408 g/mol. The number of hydrogen-bond donors (Lipinski definition) is 3. The van der Waals surface area contributed by atoms with Crippen molar-refractivity contribution in [2.75, 3.05) is 13.2 Å². The fourth-order valence-corrected chi connectivity index (χ4v) is 4.55. The lowest BCUT2D eigenvalue weighted by Gasteiger charge is -2.17. The summed E-state index contributed by atoms with van der Waals surface area (Å²) in [4.78, 5) is 35.0. The van der Waals surface area contributed by atoms with Crippen molar-refractivity contribution in [1.82, 2.24) is 10.6 Å². The summed E-state index contributed by atoms with van der Waals surface area (Å²) >= 11 is 0. The Hall–Kier alpha value is -3.79. The Morgan fingerprint density at radius 3 is 2.31 bits per heavy atom. The van der Waals surface area contributed by atoms with E-state index in [1.807, 2.05) is 30.2 Å². The minimum Gasteiger partial charge on any atom is -0.472 e. The van der Waals surface area contributed by atoms with Crippen molar-refractivity contribution in [3.8, 4) is 23.0 Å². The number of alkyl carbamates (subject to hydrolysis) is 1. The van der Waals surface area contributed by atoms with Crippen LogP contribution in [-0.4, -0.2) is 42.3 Å². The van der Waals surface area contributed by atoms with Crippen LogP contribution in [0.2, 0.25) is 0 Å². The second-order valence-corrected chi connectivity index (χ2v) is 8.00. The molecule has 0 radical (unpaired) electrons. The molecule has 4 rings (SSSR count). The van der Waals surface area contributed by atoms with Gasteiger partial charge >= 0.3 is 12.1 Å². The van der Waals surface area contributed by atoms with E-state index in [2.05, 4.69) is 40.8 Å². The molecule has 164 valence electrons. The monoisotopic (exact) mass is 432 g/mol. The molecule has 7 nitrogen and oxygen atoms in total. The van der Waals surface area contributed by atoms with E-state index >= 15 is 0 Å². The van der Waals surface area contributed by atoms with Crippen LogP contribution in [0, 0.1) is 17.8 Å². The van der Waals surface area contributed by atoms with Gasteiger partial charge in [0.15, 0.2) is 0 Å². The Labute approximate surface area is 186 Å². The summed E-state index contributed by atoms with van der Waals surface area (Å²) in [6, 6.07) is 16.2.